The van der Waals surface area contributed by atoms with E-state index in [4.69, 9.17) is 4.74 Å². The van der Waals surface area contributed by atoms with E-state index in [2.05, 4.69) is 30.7 Å². The predicted molar refractivity (Wildman–Crippen MR) is 108 cm³/mol. The summed E-state index contributed by atoms with van der Waals surface area (Å²) in [4.78, 5) is 13.0. The molecule has 3 heterocycles. The number of hydrogen-bond acceptors (Lipinski definition) is 10. The Bertz CT molecular complexity index is 985. The highest BCUT2D eigenvalue weighted by Crippen LogP contribution is 2.30. The first-order chi connectivity index (χ1) is 14.6. The van der Waals surface area contributed by atoms with Gasteiger partial charge in [0, 0.05) is 42.9 Å². The van der Waals surface area contributed by atoms with Gasteiger partial charge in [-0.15, -0.1) is 0 Å². The lowest BCUT2D eigenvalue weighted by atomic mass is 10.1. The average Bonchev–Trinajstić information content (AvgIpc) is 3.38. The average molecular weight is 413 g/mol. The molecule has 11 heteroatoms. The van der Waals surface area contributed by atoms with Gasteiger partial charge >= 0.3 is 0 Å². The van der Waals surface area contributed by atoms with Crippen LogP contribution in [0.25, 0.3) is 5.69 Å². The lowest BCUT2D eigenvalue weighted by Gasteiger charge is -2.20. The van der Waals surface area contributed by atoms with Crippen molar-refractivity contribution >= 4 is 17.5 Å². The molecular weight excluding hydrogens is 390 g/mol. The molecule has 11 nitrogen and oxygen atoms in total. The second kappa shape index (κ2) is 8.61. The summed E-state index contributed by atoms with van der Waals surface area (Å²) < 4.78 is 6.73. The van der Waals surface area contributed by atoms with Gasteiger partial charge in [-0.3, -0.25) is 0 Å². The second-order valence-electron chi connectivity index (χ2n) is 7.00. The fourth-order valence-corrected chi connectivity index (χ4v) is 3.47. The largest absolute Gasteiger partial charge is 0.481 e. The zero-order valence-electron chi connectivity index (χ0n) is 16.3. The number of aliphatic hydroxyl groups is 3. The predicted octanol–water partition coefficient (Wildman–Crippen LogP) is 0.324. The summed E-state index contributed by atoms with van der Waals surface area (Å²) >= 11 is 0. The maximum atomic E-state index is 10.4. The van der Waals surface area contributed by atoms with Crippen LogP contribution in [0.1, 0.15) is 6.42 Å². The Balaban J connectivity index is 1.63. The van der Waals surface area contributed by atoms with Gasteiger partial charge in [0.1, 0.15) is 11.8 Å². The van der Waals surface area contributed by atoms with Crippen LogP contribution in [-0.2, 0) is 0 Å². The summed E-state index contributed by atoms with van der Waals surface area (Å²) in [5.41, 5.74) is 1.27. The van der Waals surface area contributed by atoms with E-state index in [0.717, 1.165) is 0 Å². The zero-order chi connectivity index (χ0) is 21.1. The third-order valence-corrected chi connectivity index (χ3v) is 5.08. The summed E-state index contributed by atoms with van der Waals surface area (Å²) in [6, 6.07) is 4.74. The summed E-state index contributed by atoms with van der Waals surface area (Å²) in [5, 5.41) is 40.4. The van der Waals surface area contributed by atoms with Crippen LogP contribution in [0.4, 0.5) is 17.5 Å². The lowest BCUT2D eigenvalue weighted by Crippen LogP contribution is -2.36. The summed E-state index contributed by atoms with van der Waals surface area (Å²) in [6.45, 7) is -0.205. The molecule has 0 saturated heterocycles. The summed E-state index contributed by atoms with van der Waals surface area (Å²) in [7, 11) is 1.53. The minimum Gasteiger partial charge on any atom is -0.481 e. The highest BCUT2D eigenvalue weighted by Gasteiger charge is 2.41. The maximum absolute atomic E-state index is 10.4. The molecule has 3 aromatic heterocycles. The SMILES string of the molecule is COc1cc(Nc2ncc(-n3cccn3)c(NC3CC(CO)C(O)C3O)n2)ccn1. The number of ether oxygens (including phenoxy) is 1. The monoisotopic (exact) mass is 413 g/mol. The van der Waals surface area contributed by atoms with E-state index in [1.165, 1.54) is 7.11 Å². The molecule has 3 aromatic rings. The van der Waals surface area contributed by atoms with Gasteiger partial charge in [0.2, 0.25) is 11.8 Å². The molecule has 0 spiro atoms. The minimum absolute atomic E-state index is 0.205. The minimum atomic E-state index is -1.04. The molecule has 158 valence electrons. The molecule has 1 fully saturated rings. The van der Waals surface area contributed by atoms with Crippen molar-refractivity contribution in [3.63, 3.8) is 0 Å². The number of nitrogens with zero attached hydrogens (tertiary/aromatic N) is 5. The topological polar surface area (TPSA) is 150 Å². The molecule has 4 rings (SSSR count). The van der Waals surface area contributed by atoms with Crippen molar-refractivity contribution in [2.45, 2.75) is 24.7 Å². The van der Waals surface area contributed by atoms with Crippen molar-refractivity contribution in [3.8, 4) is 11.6 Å². The molecule has 1 aliphatic rings. The van der Waals surface area contributed by atoms with Crippen molar-refractivity contribution in [1.82, 2.24) is 24.7 Å². The molecule has 1 aliphatic carbocycles. The number of aliphatic hydroxyl groups excluding tert-OH is 3. The number of methoxy groups -OCH3 is 1. The highest BCUT2D eigenvalue weighted by atomic mass is 16.5. The van der Waals surface area contributed by atoms with Crippen LogP contribution in [0.2, 0.25) is 0 Å². The van der Waals surface area contributed by atoms with Crippen molar-refractivity contribution in [3.05, 3.63) is 43.0 Å². The molecule has 4 unspecified atom stereocenters. The Morgan fingerprint density at radius 3 is 2.80 bits per heavy atom. The van der Waals surface area contributed by atoms with Gasteiger partial charge in [-0.25, -0.2) is 14.6 Å². The van der Waals surface area contributed by atoms with Gasteiger partial charge in [0.05, 0.1) is 25.5 Å². The van der Waals surface area contributed by atoms with Crippen molar-refractivity contribution in [1.29, 1.82) is 0 Å². The molecule has 0 bridgehead atoms. The first-order valence-corrected chi connectivity index (χ1v) is 9.46. The van der Waals surface area contributed by atoms with Crippen LogP contribution in [-0.4, -0.2) is 72.0 Å². The van der Waals surface area contributed by atoms with Crippen LogP contribution < -0.4 is 15.4 Å². The van der Waals surface area contributed by atoms with Crippen LogP contribution in [0.3, 0.4) is 0 Å². The van der Waals surface area contributed by atoms with E-state index in [9.17, 15) is 15.3 Å². The Morgan fingerprint density at radius 1 is 1.23 bits per heavy atom. The van der Waals surface area contributed by atoms with Crippen LogP contribution in [0, 0.1) is 5.92 Å². The van der Waals surface area contributed by atoms with Gasteiger partial charge in [0.25, 0.3) is 0 Å². The molecular formula is C19H23N7O4. The quantitative estimate of drug-likeness (QED) is 0.366. The number of anilines is 3. The Hall–Kier alpha value is -3.28. The molecule has 1 saturated carbocycles. The fourth-order valence-electron chi connectivity index (χ4n) is 3.47. The number of nitrogens with one attached hydrogen (secondary N) is 2. The molecule has 0 aromatic carbocycles. The first kappa shape index (κ1) is 20.0. The third-order valence-electron chi connectivity index (χ3n) is 5.08. The molecule has 0 aliphatic heterocycles. The summed E-state index contributed by atoms with van der Waals surface area (Å²) in [5.74, 6) is 0.777. The zero-order valence-corrected chi connectivity index (χ0v) is 16.3. The number of hydrogen-bond donors (Lipinski definition) is 5. The lowest BCUT2D eigenvalue weighted by molar-refractivity contribution is 0.00445. The smallest absolute Gasteiger partial charge is 0.229 e. The third kappa shape index (κ3) is 4.03. The van der Waals surface area contributed by atoms with E-state index < -0.39 is 24.2 Å². The van der Waals surface area contributed by atoms with Crippen LogP contribution in [0.15, 0.2) is 43.0 Å². The summed E-state index contributed by atoms with van der Waals surface area (Å²) in [6.07, 6.45) is 4.93. The Kier molecular flexibility index (Phi) is 5.74. The molecule has 5 N–H and O–H groups in total. The van der Waals surface area contributed by atoms with Gasteiger partial charge in [0.15, 0.2) is 5.82 Å². The molecule has 4 atom stereocenters. The van der Waals surface area contributed by atoms with Crippen molar-refractivity contribution < 1.29 is 20.1 Å². The number of aromatic nitrogens is 5. The number of rotatable bonds is 7. The second-order valence-corrected chi connectivity index (χ2v) is 7.00. The van der Waals surface area contributed by atoms with Gasteiger partial charge in [-0.1, -0.05) is 0 Å². The van der Waals surface area contributed by atoms with E-state index >= 15 is 0 Å². The van der Waals surface area contributed by atoms with Gasteiger partial charge in [-0.05, 0) is 18.6 Å². The standard InChI is InChI=1S/C19H23N7O4/c1-30-15-8-12(3-5-20-15)23-19-21-9-14(26-6-2-4-22-26)18(25-19)24-13-7-11(10-27)16(28)17(13)29/h2-6,8-9,11,13,16-17,27-29H,7,10H2,1H3,(H2,20,21,23,24,25). The van der Waals surface area contributed by atoms with Crippen LogP contribution >= 0.6 is 0 Å². The first-order valence-electron chi connectivity index (χ1n) is 9.46. The van der Waals surface area contributed by atoms with E-state index in [0.29, 0.717) is 35.4 Å². The molecule has 30 heavy (non-hydrogen) atoms. The van der Waals surface area contributed by atoms with Gasteiger partial charge in [-0.2, -0.15) is 10.1 Å². The molecule has 0 amide bonds. The van der Waals surface area contributed by atoms with Crippen molar-refractivity contribution in [2.75, 3.05) is 24.4 Å². The Labute approximate surface area is 172 Å². The van der Waals surface area contributed by atoms with E-state index in [1.807, 2.05) is 0 Å². The van der Waals surface area contributed by atoms with E-state index in [-0.39, 0.29) is 6.61 Å². The maximum Gasteiger partial charge on any atom is 0.229 e. The fraction of sp³-hybridized carbons (Fsp3) is 0.368. The van der Waals surface area contributed by atoms with Gasteiger partial charge < -0.3 is 30.7 Å². The number of pyridine rings is 1. The van der Waals surface area contributed by atoms with Crippen molar-refractivity contribution in [2.24, 2.45) is 5.92 Å². The molecule has 0 radical (unpaired) electrons. The van der Waals surface area contributed by atoms with Crippen LogP contribution in [0.5, 0.6) is 5.88 Å². The normalized spacial score (nSPS) is 23.3. The highest BCUT2D eigenvalue weighted by molar-refractivity contribution is 5.61. The van der Waals surface area contributed by atoms with E-state index in [1.54, 1.807) is 47.7 Å². The Morgan fingerprint density at radius 2 is 2.10 bits per heavy atom.